The summed E-state index contributed by atoms with van der Waals surface area (Å²) in [7, 11) is 0. The van der Waals surface area contributed by atoms with Gasteiger partial charge >= 0.3 is 0 Å². The second-order valence-corrected chi connectivity index (χ2v) is 5.59. The van der Waals surface area contributed by atoms with Crippen molar-refractivity contribution in [1.29, 1.82) is 0 Å². The van der Waals surface area contributed by atoms with Crippen molar-refractivity contribution in [3.63, 3.8) is 0 Å². The summed E-state index contributed by atoms with van der Waals surface area (Å²) in [5, 5.41) is 0. The number of pyridine rings is 1. The smallest absolute Gasteiger partial charge is 0.223 e. The minimum atomic E-state index is 0.451. The molecule has 1 aromatic carbocycles. The number of nitrogens with two attached hydrogens (primary N) is 1. The van der Waals surface area contributed by atoms with Crippen LogP contribution in [-0.4, -0.2) is 4.98 Å². The van der Waals surface area contributed by atoms with E-state index in [1.54, 1.807) is 0 Å². The molecule has 0 bridgehead atoms. The van der Waals surface area contributed by atoms with Crippen LogP contribution in [0.4, 0.5) is 0 Å². The molecule has 1 aromatic heterocycles. The molecule has 0 saturated carbocycles. The Balaban J connectivity index is 1.93. The molecule has 19 heavy (non-hydrogen) atoms. The summed E-state index contributed by atoms with van der Waals surface area (Å²) in [4.78, 5) is 4.63. The van der Waals surface area contributed by atoms with Crippen LogP contribution in [0.1, 0.15) is 23.2 Å². The summed E-state index contributed by atoms with van der Waals surface area (Å²) in [5.41, 5.74) is 9.25. The average Bonchev–Trinajstić information content (AvgIpc) is 2.87. The van der Waals surface area contributed by atoms with Crippen molar-refractivity contribution in [2.75, 3.05) is 0 Å². The van der Waals surface area contributed by atoms with Crippen molar-refractivity contribution in [3.05, 3.63) is 51.6 Å². The van der Waals surface area contributed by atoms with Gasteiger partial charge in [-0.25, -0.2) is 4.98 Å². The number of hydrogen-bond donors (Lipinski definition) is 1. The molecule has 0 spiro atoms. The van der Waals surface area contributed by atoms with Crippen LogP contribution in [0.15, 0.2) is 34.8 Å². The first-order chi connectivity index (χ1) is 9.26. The largest absolute Gasteiger partial charge is 0.439 e. The highest BCUT2D eigenvalue weighted by Gasteiger charge is 2.17. The molecule has 0 atom stereocenters. The van der Waals surface area contributed by atoms with Crippen molar-refractivity contribution in [3.8, 4) is 11.6 Å². The van der Waals surface area contributed by atoms with Gasteiger partial charge in [0.25, 0.3) is 0 Å². The van der Waals surface area contributed by atoms with Crippen molar-refractivity contribution in [2.45, 2.75) is 25.8 Å². The van der Waals surface area contributed by atoms with Gasteiger partial charge < -0.3 is 10.5 Å². The van der Waals surface area contributed by atoms with Gasteiger partial charge in [-0.2, -0.15) is 0 Å². The fourth-order valence-electron chi connectivity index (χ4n) is 2.35. The van der Waals surface area contributed by atoms with E-state index < -0.39 is 0 Å². The molecule has 0 radical (unpaired) electrons. The van der Waals surface area contributed by atoms with Crippen LogP contribution < -0.4 is 10.5 Å². The number of nitrogens with zero attached hydrogens (tertiary/aromatic N) is 1. The van der Waals surface area contributed by atoms with Gasteiger partial charge in [0.15, 0.2) is 0 Å². The quantitative estimate of drug-likeness (QED) is 0.940. The Bertz CT molecular complexity index is 596. The first-order valence-corrected chi connectivity index (χ1v) is 7.21. The third-order valence-electron chi connectivity index (χ3n) is 3.34. The number of aryl methyl sites for hydroxylation is 2. The van der Waals surface area contributed by atoms with E-state index in [-0.39, 0.29) is 0 Å². The van der Waals surface area contributed by atoms with Crippen LogP contribution in [0.3, 0.4) is 0 Å². The zero-order chi connectivity index (χ0) is 13.2. The predicted molar refractivity (Wildman–Crippen MR) is 78.4 cm³/mol. The molecule has 1 aliphatic carbocycles. The van der Waals surface area contributed by atoms with E-state index in [9.17, 15) is 0 Å². The average molecular weight is 319 g/mol. The Morgan fingerprint density at radius 2 is 2.00 bits per heavy atom. The maximum Gasteiger partial charge on any atom is 0.223 e. The van der Waals surface area contributed by atoms with Crippen LogP contribution in [-0.2, 0) is 19.4 Å². The highest BCUT2D eigenvalue weighted by atomic mass is 79.9. The number of hydrogen-bond acceptors (Lipinski definition) is 3. The van der Waals surface area contributed by atoms with Gasteiger partial charge in [-0.1, -0.05) is 15.9 Å². The maximum atomic E-state index is 5.87. The number of aromatic nitrogens is 1. The fourth-order valence-corrected chi connectivity index (χ4v) is 2.61. The number of benzene rings is 1. The highest BCUT2D eigenvalue weighted by Crippen LogP contribution is 2.29. The lowest BCUT2D eigenvalue weighted by atomic mass is 10.1. The third-order valence-corrected chi connectivity index (χ3v) is 3.87. The molecular weight excluding hydrogens is 304 g/mol. The van der Waals surface area contributed by atoms with Gasteiger partial charge in [0.1, 0.15) is 5.75 Å². The monoisotopic (exact) mass is 318 g/mol. The van der Waals surface area contributed by atoms with E-state index in [1.807, 2.05) is 24.3 Å². The Hall–Kier alpha value is -1.39. The lowest BCUT2D eigenvalue weighted by molar-refractivity contribution is 0.454. The zero-order valence-corrected chi connectivity index (χ0v) is 12.1. The zero-order valence-electron chi connectivity index (χ0n) is 10.5. The predicted octanol–water partition coefficient (Wildman–Crippen LogP) is 3.58. The molecular formula is C15H15BrN2O. The number of rotatable bonds is 3. The van der Waals surface area contributed by atoms with E-state index in [1.165, 1.54) is 12.0 Å². The van der Waals surface area contributed by atoms with Crippen LogP contribution >= 0.6 is 15.9 Å². The van der Waals surface area contributed by atoms with Gasteiger partial charge in [-0.3, -0.25) is 0 Å². The summed E-state index contributed by atoms with van der Waals surface area (Å²) in [6.45, 7) is 0.451. The molecule has 0 unspecified atom stereocenters. The molecule has 0 aliphatic heterocycles. The summed E-state index contributed by atoms with van der Waals surface area (Å²) >= 11 is 3.41. The molecule has 0 saturated heterocycles. The van der Waals surface area contributed by atoms with E-state index in [0.717, 1.165) is 34.3 Å². The minimum Gasteiger partial charge on any atom is -0.439 e. The number of ether oxygens (including phenoxy) is 1. The Labute approximate surface area is 120 Å². The third kappa shape index (κ3) is 2.65. The van der Waals surface area contributed by atoms with Crippen LogP contribution in [0, 0.1) is 0 Å². The molecule has 1 heterocycles. The molecule has 2 aromatic rings. The summed E-state index contributed by atoms with van der Waals surface area (Å²) in [5.74, 6) is 1.42. The molecule has 3 nitrogen and oxygen atoms in total. The first kappa shape index (κ1) is 12.6. The molecule has 4 heteroatoms. The van der Waals surface area contributed by atoms with E-state index in [4.69, 9.17) is 10.5 Å². The number of fused-ring (bicyclic) bond motifs is 1. The van der Waals surface area contributed by atoms with Gasteiger partial charge in [0.05, 0.1) is 0 Å². The molecule has 0 fully saturated rings. The molecule has 1 aliphatic rings. The number of halogens is 1. The molecule has 98 valence electrons. The summed E-state index contributed by atoms with van der Waals surface area (Å²) in [6, 6.07) is 9.87. The fraction of sp³-hybridized carbons (Fsp3) is 0.267. The first-order valence-electron chi connectivity index (χ1n) is 6.41. The Kier molecular flexibility index (Phi) is 3.53. The maximum absolute atomic E-state index is 5.87. The van der Waals surface area contributed by atoms with Gasteiger partial charge in [0.2, 0.25) is 5.88 Å². The normalized spacial score (nSPS) is 13.4. The molecule has 0 amide bonds. The Morgan fingerprint density at radius 3 is 2.74 bits per heavy atom. The SMILES string of the molecule is NCc1cc2c(nc1Oc1ccc(Br)cc1)CCC2. The minimum absolute atomic E-state index is 0.451. The van der Waals surface area contributed by atoms with Crippen molar-refractivity contribution in [2.24, 2.45) is 5.73 Å². The van der Waals surface area contributed by atoms with E-state index >= 15 is 0 Å². The summed E-state index contributed by atoms with van der Waals surface area (Å²) in [6.07, 6.45) is 3.32. The van der Waals surface area contributed by atoms with Gasteiger partial charge in [-0.05, 0) is 55.2 Å². The van der Waals surface area contributed by atoms with E-state index in [2.05, 4.69) is 27.0 Å². The second-order valence-electron chi connectivity index (χ2n) is 4.67. The van der Waals surface area contributed by atoms with Gasteiger partial charge in [-0.15, -0.1) is 0 Å². The molecule has 2 N–H and O–H groups in total. The van der Waals surface area contributed by atoms with Crippen LogP contribution in [0.25, 0.3) is 0 Å². The topological polar surface area (TPSA) is 48.1 Å². The summed E-state index contributed by atoms with van der Waals surface area (Å²) < 4.78 is 6.90. The van der Waals surface area contributed by atoms with Crippen LogP contribution in [0.2, 0.25) is 0 Å². The van der Waals surface area contributed by atoms with Crippen molar-refractivity contribution in [1.82, 2.24) is 4.98 Å². The Morgan fingerprint density at radius 1 is 1.21 bits per heavy atom. The lowest BCUT2D eigenvalue weighted by Gasteiger charge is -2.11. The molecule has 3 rings (SSSR count). The lowest BCUT2D eigenvalue weighted by Crippen LogP contribution is -2.04. The second kappa shape index (κ2) is 5.31. The van der Waals surface area contributed by atoms with Crippen molar-refractivity contribution >= 4 is 15.9 Å². The highest BCUT2D eigenvalue weighted by molar-refractivity contribution is 9.10. The van der Waals surface area contributed by atoms with Crippen LogP contribution in [0.5, 0.6) is 11.6 Å². The van der Waals surface area contributed by atoms with Gasteiger partial charge in [0, 0.05) is 22.3 Å². The van der Waals surface area contributed by atoms with Crippen molar-refractivity contribution < 1.29 is 4.74 Å². The van der Waals surface area contributed by atoms with E-state index in [0.29, 0.717) is 12.4 Å². The standard InChI is InChI=1S/C15H15BrN2O/c16-12-4-6-13(7-5-12)19-15-11(9-17)8-10-2-1-3-14(10)18-15/h4-8H,1-3,9,17H2.